The lowest BCUT2D eigenvalue weighted by atomic mass is 9.97. The molecular weight excluding hydrogens is 418 g/mol. The van der Waals surface area contributed by atoms with Crippen molar-refractivity contribution >= 4 is 17.2 Å². The van der Waals surface area contributed by atoms with Crippen LogP contribution in [0.5, 0.6) is 0 Å². The zero-order valence-corrected chi connectivity index (χ0v) is 18.6. The average Bonchev–Trinajstić information content (AvgIpc) is 3.37. The minimum atomic E-state index is -0.256. The predicted molar refractivity (Wildman–Crippen MR) is 126 cm³/mol. The first-order valence-electron chi connectivity index (χ1n) is 10.7. The van der Waals surface area contributed by atoms with Crippen LogP contribution in [-0.2, 0) is 13.0 Å². The molecule has 0 unspecified atom stereocenters. The summed E-state index contributed by atoms with van der Waals surface area (Å²) in [4.78, 5) is 33.9. The van der Waals surface area contributed by atoms with Gasteiger partial charge in [0, 0.05) is 12.1 Å². The Hall–Kier alpha value is -3.51. The molecule has 1 amide bonds. The van der Waals surface area contributed by atoms with Gasteiger partial charge in [-0.1, -0.05) is 66.7 Å². The number of amides is 1. The van der Waals surface area contributed by atoms with Gasteiger partial charge in [0.15, 0.2) is 0 Å². The summed E-state index contributed by atoms with van der Waals surface area (Å²) < 4.78 is 1.81. The molecule has 2 aromatic heterocycles. The lowest BCUT2D eigenvalue weighted by Gasteiger charge is -2.30. The highest BCUT2D eigenvalue weighted by molar-refractivity contribution is 7.12. The molecule has 2 aromatic carbocycles. The monoisotopic (exact) mass is 441 g/mol. The summed E-state index contributed by atoms with van der Waals surface area (Å²) in [5.41, 5.74) is 3.47. The fraction of sp³-hybridized carbons (Fsp3) is 0.192. The zero-order chi connectivity index (χ0) is 22.1. The molecule has 1 aliphatic rings. The van der Waals surface area contributed by atoms with Crippen LogP contribution in [0.15, 0.2) is 83.0 Å². The van der Waals surface area contributed by atoms with Crippen molar-refractivity contribution in [1.29, 1.82) is 0 Å². The summed E-state index contributed by atoms with van der Waals surface area (Å²) in [6, 6.07) is 23.6. The molecule has 0 saturated heterocycles. The van der Waals surface area contributed by atoms with Crippen molar-refractivity contribution in [3.8, 4) is 0 Å². The Kier molecular flexibility index (Phi) is 5.45. The molecule has 1 aliphatic heterocycles. The van der Waals surface area contributed by atoms with E-state index in [0.29, 0.717) is 41.5 Å². The normalized spacial score (nSPS) is 13.2. The Morgan fingerprint density at radius 3 is 2.22 bits per heavy atom. The number of fused-ring (bicyclic) bond motifs is 1. The van der Waals surface area contributed by atoms with E-state index in [9.17, 15) is 9.59 Å². The Balaban J connectivity index is 1.58. The zero-order valence-electron chi connectivity index (χ0n) is 17.8. The van der Waals surface area contributed by atoms with E-state index < -0.39 is 0 Å². The lowest BCUT2D eigenvalue weighted by Crippen LogP contribution is -2.41. The largest absolute Gasteiger partial charge is 0.332 e. The van der Waals surface area contributed by atoms with E-state index in [2.05, 4.69) is 0 Å². The number of hydrogen-bond acceptors (Lipinski definition) is 4. The van der Waals surface area contributed by atoms with Crippen LogP contribution in [0.3, 0.4) is 0 Å². The maximum absolute atomic E-state index is 13.7. The minimum absolute atomic E-state index is 0.000675. The molecule has 160 valence electrons. The van der Waals surface area contributed by atoms with E-state index in [0.717, 1.165) is 11.1 Å². The maximum atomic E-state index is 13.7. The molecule has 0 N–H and O–H groups in total. The smallest absolute Gasteiger partial charge is 0.264 e. The minimum Gasteiger partial charge on any atom is -0.332 e. The molecule has 0 fully saturated rings. The summed E-state index contributed by atoms with van der Waals surface area (Å²) in [5.74, 6) is 0.651. The number of benzene rings is 2. The van der Waals surface area contributed by atoms with Crippen molar-refractivity contribution in [3.05, 3.63) is 122 Å². The first-order valence-corrected chi connectivity index (χ1v) is 11.5. The van der Waals surface area contributed by atoms with Gasteiger partial charge < -0.3 is 4.90 Å². The summed E-state index contributed by atoms with van der Waals surface area (Å²) in [7, 11) is 0. The first-order chi connectivity index (χ1) is 15.6. The van der Waals surface area contributed by atoms with Crippen LogP contribution in [-0.4, -0.2) is 26.9 Å². The number of carbonyl (C=O) groups is 1. The molecule has 5 rings (SSSR count). The molecule has 0 radical (unpaired) electrons. The number of rotatable bonds is 4. The Morgan fingerprint density at radius 2 is 1.62 bits per heavy atom. The first kappa shape index (κ1) is 20.4. The van der Waals surface area contributed by atoms with Gasteiger partial charge in [-0.2, -0.15) is 0 Å². The van der Waals surface area contributed by atoms with Crippen LogP contribution in [0.25, 0.3) is 0 Å². The highest BCUT2D eigenvalue weighted by Gasteiger charge is 2.29. The van der Waals surface area contributed by atoms with Gasteiger partial charge in [-0.25, -0.2) is 4.98 Å². The van der Waals surface area contributed by atoms with E-state index in [1.54, 1.807) is 9.47 Å². The number of thiophene rings is 1. The molecule has 4 aromatic rings. The van der Waals surface area contributed by atoms with E-state index in [4.69, 9.17) is 4.98 Å². The predicted octanol–water partition coefficient (Wildman–Crippen LogP) is 4.45. The number of hydrogen-bond donors (Lipinski definition) is 0. The fourth-order valence-corrected chi connectivity index (χ4v) is 5.11. The van der Waals surface area contributed by atoms with Crippen molar-refractivity contribution < 1.29 is 4.79 Å². The van der Waals surface area contributed by atoms with Crippen molar-refractivity contribution in [2.24, 2.45) is 0 Å². The lowest BCUT2D eigenvalue weighted by molar-refractivity contribution is 0.0735. The standard InChI is InChI=1S/C26H23N3O2S/c1-18-27-22-17-28(26(31)23-13-8-16-32-23)15-14-21(22)25(30)29(18)24(19-9-4-2-5-10-19)20-11-6-3-7-12-20/h2-13,16,24H,14-15,17H2,1H3. The van der Waals surface area contributed by atoms with E-state index >= 15 is 0 Å². The molecule has 5 nitrogen and oxygen atoms in total. The number of aryl methyl sites for hydroxylation is 1. The number of carbonyl (C=O) groups excluding carboxylic acids is 1. The Bertz CT molecular complexity index is 1260. The summed E-state index contributed by atoms with van der Waals surface area (Å²) >= 11 is 1.44. The second-order valence-corrected chi connectivity index (χ2v) is 8.89. The molecule has 32 heavy (non-hydrogen) atoms. The van der Waals surface area contributed by atoms with E-state index in [1.807, 2.05) is 85.1 Å². The third kappa shape index (κ3) is 3.67. The van der Waals surface area contributed by atoms with E-state index in [1.165, 1.54) is 11.3 Å². The van der Waals surface area contributed by atoms with Gasteiger partial charge in [0.2, 0.25) is 0 Å². The highest BCUT2D eigenvalue weighted by atomic mass is 32.1. The van der Waals surface area contributed by atoms with Crippen LogP contribution in [0.4, 0.5) is 0 Å². The van der Waals surface area contributed by atoms with Crippen LogP contribution >= 0.6 is 11.3 Å². The van der Waals surface area contributed by atoms with Crippen LogP contribution in [0.1, 0.15) is 43.9 Å². The van der Waals surface area contributed by atoms with Gasteiger partial charge >= 0.3 is 0 Å². The number of aromatic nitrogens is 2. The van der Waals surface area contributed by atoms with Gasteiger partial charge in [0.25, 0.3) is 11.5 Å². The van der Waals surface area contributed by atoms with E-state index in [-0.39, 0.29) is 17.5 Å². The molecule has 3 heterocycles. The molecule has 0 atom stereocenters. The summed E-state index contributed by atoms with van der Waals surface area (Å²) in [5, 5.41) is 1.90. The van der Waals surface area contributed by atoms with Crippen LogP contribution < -0.4 is 5.56 Å². The average molecular weight is 442 g/mol. The fourth-order valence-electron chi connectivity index (χ4n) is 4.42. The van der Waals surface area contributed by atoms with Crippen molar-refractivity contribution in [2.45, 2.75) is 25.9 Å². The number of nitrogens with zero attached hydrogens (tertiary/aromatic N) is 3. The van der Waals surface area contributed by atoms with Crippen LogP contribution in [0.2, 0.25) is 0 Å². The van der Waals surface area contributed by atoms with Crippen molar-refractivity contribution in [2.75, 3.05) is 6.54 Å². The summed E-state index contributed by atoms with van der Waals surface area (Å²) in [6.07, 6.45) is 0.509. The van der Waals surface area contributed by atoms with Gasteiger partial charge in [-0.3, -0.25) is 14.2 Å². The Morgan fingerprint density at radius 1 is 0.969 bits per heavy atom. The molecule has 0 spiro atoms. The van der Waals surface area contributed by atoms with Gasteiger partial charge in [0.1, 0.15) is 5.82 Å². The maximum Gasteiger partial charge on any atom is 0.264 e. The summed E-state index contributed by atoms with van der Waals surface area (Å²) in [6.45, 7) is 2.76. The van der Waals surface area contributed by atoms with Gasteiger partial charge in [-0.05, 0) is 35.9 Å². The quantitative estimate of drug-likeness (QED) is 0.470. The SMILES string of the molecule is Cc1nc2c(c(=O)n1C(c1ccccc1)c1ccccc1)CCN(C(=O)c1cccs1)C2. The van der Waals surface area contributed by atoms with Crippen molar-refractivity contribution in [1.82, 2.24) is 14.5 Å². The van der Waals surface area contributed by atoms with Crippen LogP contribution in [0, 0.1) is 6.92 Å². The molecule has 0 aliphatic carbocycles. The third-order valence-corrected chi connectivity index (χ3v) is 6.81. The molecule has 6 heteroatoms. The Labute approximate surface area is 190 Å². The molecule has 0 saturated carbocycles. The molecular formula is C26H23N3O2S. The topological polar surface area (TPSA) is 55.2 Å². The second kappa shape index (κ2) is 8.55. The second-order valence-electron chi connectivity index (χ2n) is 7.94. The van der Waals surface area contributed by atoms with Gasteiger partial charge in [-0.15, -0.1) is 11.3 Å². The van der Waals surface area contributed by atoms with Crippen molar-refractivity contribution in [3.63, 3.8) is 0 Å². The van der Waals surface area contributed by atoms with Gasteiger partial charge in [0.05, 0.1) is 23.2 Å². The third-order valence-electron chi connectivity index (χ3n) is 5.95. The molecule has 0 bridgehead atoms. The highest BCUT2D eigenvalue weighted by Crippen LogP contribution is 2.27.